The van der Waals surface area contributed by atoms with Crippen molar-refractivity contribution in [2.45, 2.75) is 32.6 Å². The van der Waals surface area contributed by atoms with Gasteiger partial charge in [-0.25, -0.2) is 0 Å². The average Bonchev–Trinajstić information content (AvgIpc) is 2.63. The van der Waals surface area contributed by atoms with Crippen molar-refractivity contribution >= 4 is 0 Å². The highest BCUT2D eigenvalue weighted by atomic mass is 16.3. The van der Waals surface area contributed by atoms with Crippen LogP contribution in [0.2, 0.25) is 0 Å². The third-order valence-corrected chi connectivity index (χ3v) is 4.23. The van der Waals surface area contributed by atoms with Crippen molar-refractivity contribution in [3.63, 3.8) is 0 Å². The Balaban J connectivity index is 0.000000163. The van der Waals surface area contributed by atoms with Gasteiger partial charge < -0.3 is 5.11 Å². The molecule has 100 valence electrons. The maximum Gasteiger partial charge on any atom is 0.115 e. The molecule has 0 spiro atoms. The molecular formula is C18H22O. The fraction of sp³-hybridized carbons (Fsp3) is 0.333. The number of hydrogen-bond donors (Lipinski definition) is 1. The maximum absolute atomic E-state index is 8.63. The smallest absolute Gasteiger partial charge is 0.115 e. The lowest BCUT2D eigenvalue weighted by molar-refractivity contribution is 0.379. The van der Waals surface area contributed by atoms with Crippen LogP contribution in [-0.2, 0) is 11.8 Å². The summed E-state index contributed by atoms with van der Waals surface area (Å²) >= 11 is 0. The van der Waals surface area contributed by atoms with E-state index in [9.17, 15) is 0 Å². The van der Waals surface area contributed by atoms with Crippen LogP contribution in [0.15, 0.2) is 54.6 Å². The molecule has 1 nitrogen and oxygen atoms in total. The first-order valence-electron chi connectivity index (χ1n) is 6.84. The van der Waals surface area contributed by atoms with Crippen LogP contribution in [0.4, 0.5) is 0 Å². The molecule has 0 aliphatic heterocycles. The summed E-state index contributed by atoms with van der Waals surface area (Å²) in [5.41, 5.74) is 3.49. The van der Waals surface area contributed by atoms with Gasteiger partial charge in [0.2, 0.25) is 0 Å². The van der Waals surface area contributed by atoms with E-state index in [1.54, 1.807) is 35.4 Å². The normalized spacial score (nSPS) is 19.2. The molecule has 1 atom stereocenters. The Hall–Kier alpha value is -1.76. The molecule has 2 aromatic rings. The predicted octanol–water partition coefficient (Wildman–Crippen LogP) is 4.55. The number of para-hydroxylation sites is 1. The molecule has 0 saturated heterocycles. The number of aromatic hydroxyl groups is 1. The second kappa shape index (κ2) is 5.48. The first-order valence-corrected chi connectivity index (χ1v) is 6.84. The minimum atomic E-state index is 0.322. The molecule has 19 heavy (non-hydrogen) atoms. The van der Waals surface area contributed by atoms with Crippen molar-refractivity contribution in [3.8, 4) is 5.75 Å². The van der Waals surface area contributed by atoms with Crippen molar-refractivity contribution < 1.29 is 5.11 Å². The average molecular weight is 254 g/mol. The molecule has 0 fully saturated rings. The van der Waals surface area contributed by atoms with Gasteiger partial charge in [0, 0.05) is 0 Å². The molecule has 1 aliphatic carbocycles. The Labute approximate surface area is 115 Å². The molecule has 1 heteroatoms. The van der Waals surface area contributed by atoms with Crippen LogP contribution in [0, 0.1) is 5.92 Å². The summed E-state index contributed by atoms with van der Waals surface area (Å²) < 4.78 is 0. The number of rotatable bonds is 0. The van der Waals surface area contributed by atoms with Gasteiger partial charge in [-0.15, -0.1) is 0 Å². The zero-order valence-electron chi connectivity index (χ0n) is 11.9. The molecule has 1 N–H and O–H groups in total. The SMILES string of the molecule is CC1Cc2ccccc2C1(C)C.Oc1ccccc1. The Morgan fingerprint density at radius 2 is 1.53 bits per heavy atom. The number of fused-ring (bicyclic) bond motifs is 1. The van der Waals surface area contributed by atoms with Gasteiger partial charge in [-0.05, 0) is 41.0 Å². The maximum atomic E-state index is 8.63. The van der Waals surface area contributed by atoms with Gasteiger partial charge in [-0.2, -0.15) is 0 Å². The quantitative estimate of drug-likeness (QED) is 0.731. The molecule has 0 bridgehead atoms. The summed E-state index contributed by atoms with van der Waals surface area (Å²) in [4.78, 5) is 0. The Morgan fingerprint density at radius 1 is 0.947 bits per heavy atom. The van der Waals surface area contributed by atoms with E-state index in [1.165, 1.54) is 6.42 Å². The summed E-state index contributed by atoms with van der Waals surface area (Å²) in [6.45, 7) is 7.05. The van der Waals surface area contributed by atoms with Crippen LogP contribution in [0.3, 0.4) is 0 Å². The summed E-state index contributed by atoms with van der Waals surface area (Å²) in [5.74, 6) is 1.11. The lowest BCUT2D eigenvalue weighted by Gasteiger charge is -2.24. The molecule has 0 aromatic heterocycles. The zero-order valence-corrected chi connectivity index (χ0v) is 11.9. The van der Waals surface area contributed by atoms with Crippen LogP contribution < -0.4 is 0 Å². The highest BCUT2D eigenvalue weighted by Gasteiger charge is 2.35. The van der Waals surface area contributed by atoms with Crippen molar-refractivity contribution in [3.05, 3.63) is 65.7 Å². The molecule has 0 saturated carbocycles. The minimum Gasteiger partial charge on any atom is -0.508 e. The van der Waals surface area contributed by atoms with E-state index >= 15 is 0 Å². The molecule has 0 radical (unpaired) electrons. The van der Waals surface area contributed by atoms with Crippen molar-refractivity contribution in [1.29, 1.82) is 0 Å². The Bertz CT molecular complexity index is 528. The number of hydrogen-bond acceptors (Lipinski definition) is 1. The molecule has 0 amide bonds. The van der Waals surface area contributed by atoms with Gasteiger partial charge in [-0.3, -0.25) is 0 Å². The van der Waals surface area contributed by atoms with Gasteiger partial charge in [-0.1, -0.05) is 63.2 Å². The summed E-state index contributed by atoms with van der Waals surface area (Å²) in [6, 6.07) is 17.6. The molecule has 3 rings (SSSR count). The van der Waals surface area contributed by atoms with E-state index < -0.39 is 0 Å². The summed E-state index contributed by atoms with van der Waals surface area (Å²) in [7, 11) is 0. The van der Waals surface area contributed by atoms with Crippen LogP contribution in [0.5, 0.6) is 5.75 Å². The van der Waals surface area contributed by atoms with E-state index in [0.717, 1.165) is 5.92 Å². The van der Waals surface area contributed by atoms with E-state index in [0.29, 0.717) is 11.2 Å². The molecular weight excluding hydrogens is 232 g/mol. The second-order valence-electron chi connectivity index (χ2n) is 5.82. The fourth-order valence-corrected chi connectivity index (χ4v) is 2.61. The largest absolute Gasteiger partial charge is 0.508 e. The third kappa shape index (κ3) is 2.98. The van der Waals surface area contributed by atoms with E-state index in [-0.39, 0.29) is 0 Å². The molecule has 1 unspecified atom stereocenters. The van der Waals surface area contributed by atoms with E-state index in [4.69, 9.17) is 5.11 Å². The van der Waals surface area contributed by atoms with Gasteiger partial charge in [0.25, 0.3) is 0 Å². The summed E-state index contributed by atoms with van der Waals surface area (Å²) in [6.07, 6.45) is 1.25. The van der Waals surface area contributed by atoms with Crippen LogP contribution in [0.1, 0.15) is 31.9 Å². The minimum absolute atomic E-state index is 0.322. The zero-order chi connectivity index (χ0) is 13.9. The standard InChI is InChI=1S/C12H16.C6H6O/c1-9-8-10-6-4-5-7-11(10)12(9,2)3;7-6-4-2-1-3-5-6/h4-7,9H,8H2,1-3H3;1-5,7H. The van der Waals surface area contributed by atoms with Gasteiger partial charge in [0.05, 0.1) is 0 Å². The number of phenols is 1. The Kier molecular flexibility index (Phi) is 3.94. The van der Waals surface area contributed by atoms with Gasteiger partial charge in [0.15, 0.2) is 0 Å². The first kappa shape index (κ1) is 13.7. The van der Waals surface area contributed by atoms with Crippen molar-refractivity contribution in [1.82, 2.24) is 0 Å². The highest BCUT2D eigenvalue weighted by molar-refractivity contribution is 5.39. The van der Waals surface area contributed by atoms with Gasteiger partial charge in [0.1, 0.15) is 5.75 Å². The molecule has 1 aliphatic rings. The number of benzene rings is 2. The van der Waals surface area contributed by atoms with Crippen LogP contribution in [-0.4, -0.2) is 5.11 Å². The fourth-order valence-electron chi connectivity index (χ4n) is 2.61. The molecule has 2 aromatic carbocycles. The van der Waals surface area contributed by atoms with Crippen LogP contribution >= 0.6 is 0 Å². The second-order valence-corrected chi connectivity index (χ2v) is 5.82. The monoisotopic (exact) mass is 254 g/mol. The summed E-state index contributed by atoms with van der Waals surface area (Å²) in [5, 5.41) is 8.63. The topological polar surface area (TPSA) is 20.2 Å². The Morgan fingerprint density at radius 3 is 2.05 bits per heavy atom. The van der Waals surface area contributed by atoms with Crippen molar-refractivity contribution in [2.75, 3.05) is 0 Å². The lowest BCUT2D eigenvalue weighted by atomic mass is 9.80. The number of phenolic OH excluding ortho intramolecular Hbond substituents is 1. The first-order chi connectivity index (χ1) is 9.01. The third-order valence-electron chi connectivity index (χ3n) is 4.23. The lowest BCUT2D eigenvalue weighted by Crippen LogP contribution is -2.21. The molecule has 0 heterocycles. The van der Waals surface area contributed by atoms with E-state index in [2.05, 4.69) is 45.0 Å². The predicted molar refractivity (Wildman–Crippen MR) is 80.4 cm³/mol. The van der Waals surface area contributed by atoms with Gasteiger partial charge >= 0.3 is 0 Å². The van der Waals surface area contributed by atoms with Crippen LogP contribution in [0.25, 0.3) is 0 Å². The highest BCUT2D eigenvalue weighted by Crippen LogP contribution is 2.42. The van der Waals surface area contributed by atoms with E-state index in [1.807, 2.05) is 6.07 Å². The van der Waals surface area contributed by atoms with Crippen molar-refractivity contribution in [2.24, 2.45) is 5.92 Å².